The van der Waals surface area contributed by atoms with E-state index in [4.69, 9.17) is 0 Å². The fourth-order valence-corrected chi connectivity index (χ4v) is 3.25. The second-order valence-corrected chi connectivity index (χ2v) is 8.43. The summed E-state index contributed by atoms with van der Waals surface area (Å²) in [5, 5.41) is 0. The quantitative estimate of drug-likeness (QED) is 0.359. The van der Waals surface area contributed by atoms with E-state index < -0.39 is 0 Å². The number of Topliss-reactive ketones (excluding diaryl/α,β-unsaturated/α-hetero) is 4. The third-order valence-corrected chi connectivity index (χ3v) is 5.33. The van der Waals surface area contributed by atoms with Gasteiger partial charge < -0.3 is 0 Å². The van der Waals surface area contributed by atoms with Crippen LogP contribution in [0.2, 0.25) is 0 Å². The van der Waals surface area contributed by atoms with E-state index in [0.29, 0.717) is 50.1 Å². The highest BCUT2D eigenvalue weighted by atomic mass is 16.1. The Balaban J connectivity index is 0.000000213. The van der Waals surface area contributed by atoms with Crippen molar-refractivity contribution in [2.24, 2.45) is 0 Å². The molecule has 0 atom stereocenters. The fraction of sp³-hybridized carbons (Fsp3) is 0.467. The highest BCUT2D eigenvalue weighted by Gasteiger charge is 2.13. The molecule has 5 aliphatic carbocycles. The highest BCUT2D eigenvalue weighted by molar-refractivity contribution is 5.92. The molecule has 4 heteroatoms. The molecule has 0 radical (unpaired) electrons. The molecule has 1 saturated carbocycles. The first kappa shape index (κ1) is 29.2. The molecule has 5 rings (SSSR count). The molecule has 1 fully saturated rings. The maximum absolute atomic E-state index is 10.5. The van der Waals surface area contributed by atoms with Crippen molar-refractivity contribution in [1.82, 2.24) is 0 Å². The Kier molecular flexibility index (Phi) is 17.8. The van der Waals surface area contributed by atoms with Gasteiger partial charge in [0.2, 0.25) is 0 Å². The van der Waals surface area contributed by atoms with Crippen molar-refractivity contribution >= 4 is 23.1 Å². The Bertz CT molecular complexity index is 718. The van der Waals surface area contributed by atoms with Crippen LogP contribution in [0.25, 0.3) is 0 Å². The maximum atomic E-state index is 10.5. The van der Waals surface area contributed by atoms with Crippen LogP contribution in [0.5, 0.6) is 0 Å². The first-order valence-corrected chi connectivity index (χ1v) is 12.6. The van der Waals surface area contributed by atoms with Gasteiger partial charge >= 0.3 is 0 Å². The van der Waals surface area contributed by atoms with Gasteiger partial charge in [0.1, 0.15) is 23.1 Å². The first-order valence-electron chi connectivity index (χ1n) is 12.6. The van der Waals surface area contributed by atoms with Crippen LogP contribution in [0.4, 0.5) is 0 Å². The topological polar surface area (TPSA) is 68.3 Å². The van der Waals surface area contributed by atoms with Gasteiger partial charge in [-0.2, -0.15) is 0 Å². The molecular formula is C30H40O4. The molecule has 0 heterocycles. The van der Waals surface area contributed by atoms with E-state index in [2.05, 4.69) is 60.8 Å². The van der Waals surface area contributed by atoms with Gasteiger partial charge in [0, 0.05) is 51.4 Å². The number of ketones is 4. The predicted molar refractivity (Wildman–Crippen MR) is 140 cm³/mol. The van der Waals surface area contributed by atoms with Crippen molar-refractivity contribution in [1.29, 1.82) is 0 Å². The molecule has 0 aliphatic heterocycles. The van der Waals surface area contributed by atoms with E-state index in [-0.39, 0.29) is 11.6 Å². The van der Waals surface area contributed by atoms with Crippen molar-refractivity contribution in [3.8, 4) is 0 Å². The Morgan fingerprint density at radius 1 is 0.353 bits per heavy atom. The number of allylic oxidation sites excluding steroid dienone is 12. The maximum Gasteiger partial charge on any atom is 0.136 e. The molecule has 0 bridgehead atoms. The number of carbonyl (C=O) groups excluding carboxylic acids is 4. The molecule has 4 nitrogen and oxygen atoms in total. The number of carbonyl (C=O) groups is 4. The molecule has 5 aliphatic rings. The minimum Gasteiger partial charge on any atom is -0.300 e. The largest absolute Gasteiger partial charge is 0.300 e. The summed E-state index contributed by atoms with van der Waals surface area (Å²) < 4.78 is 0. The standard InChI is InChI=1S/C6H8O2.2C6H8O.2C6H8/c7-5-1-2-6(8)4-3-5;2*7-6-4-2-1-3-5-6;2*1-2-4-6-5-3-1/h1-4H2;2*1-2H,3-5H2;1-2,5-6H,3-4H2;1-4H,5-6H2. The fourth-order valence-electron chi connectivity index (χ4n) is 3.25. The molecule has 0 amide bonds. The summed E-state index contributed by atoms with van der Waals surface area (Å²) >= 11 is 0. The van der Waals surface area contributed by atoms with Crippen molar-refractivity contribution in [3.63, 3.8) is 0 Å². The average molecular weight is 465 g/mol. The molecule has 184 valence electrons. The molecule has 0 aromatic rings. The summed E-state index contributed by atoms with van der Waals surface area (Å²) in [6.07, 6.45) is 36.7. The van der Waals surface area contributed by atoms with Gasteiger partial charge in [0.25, 0.3) is 0 Å². The van der Waals surface area contributed by atoms with Crippen molar-refractivity contribution < 1.29 is 19.2 Å². The molecule has 0 spiro atoms. The molecular weight excluding hydrogens is 424 g/mol. The SMILES string of the molecule is C1=CCC=CC1.C1=CCCC=C1.O=C1CC=CCC1.O=C1CC=CCC1.O=C1CCC(=O)CC1. The zero-order valence-electron chi connectivity index (χ0n) is 20.5. The Hall–Kier alpha value is -2.88. The summed E-state index contributed by atoms with van der Waals surface area (Å²) in [5.74, 6) is 1.24. The highest BCUT2D eigenvalue weighted by Crippen LogP contribution is 2.09. The lowest BCUT2D eigenvalue weighted by Crippen LogP contribution is -2.12. The van der Waals surface area contributed by atoms with Crippen LogP contribution < -0.4 is 0 Å². The number of rotatable bonds is 0. The normalized spacial score (nSPS) is 20.0. The smallest absolute Gasteiger partial charge is 0.136 e. The summed E-state index contributed by atoms with van der Waals surface area (Å²) in [6, 6.07) is 0. The van der Waals surface area contributed by atoms with Crippen LogP contribution in [-0.4, -0.2) is 23.1 Å². The summed E-state index contributed by atoms with van der Waals surface area (Å²) in [5.41, 5.74) is 0. The average Bonchev–Trinajstić information content (AvgIpc) is 2.90. The van der Waals surface area contributed by atoms with Crippen molar-refractivity contribution in [3.05, 3.63) is 72.9 Å². The molecule has 0 aromatic heterocycles. The van der Waals surface area contributed by atoms with E-state index in [0.717, 1.165) is 38.5 Å². The molecule has 0 N–H and O–H groups in total. The first-order chi connectivity index (χ1) is 16.6. The van der Waals surface area contributed by atoms with Gasteiger partial charge in [-0.05, 0) is 38.5 Å². The van der Waals surface area contributed by atoms with E-state index >= 15 is 0 Å². The number of hydrogen-bond donors (Lipinski definition) is 0. The van der Waals surface area contributed by atoms with Crippen molar-refractivity contribution in [2.45, 2.75) is 89.9 Å². The van der Waals surface area contributed by atoms with Gasteiger partial charge in [0.05, 0.1) is 0 Å². The minimum absolute atomic E-state index is 0.240. The lowest BCUT2D eigenvalue weighted by molar-refractivity contribution is -0.128. The lowest BCUT2D eigenvalue weighted by Gasteiger charge is -2.04. The second kappa shape index (κ2) is 20.7. The van der Waals surface area contributed by atoms with Crippen LogP contribution in [0.1, 0.15) is 89.9 Å². The Morgan fingerprint density at radius 2 is 0.735 bits per heavy atom. The number of hydrogen-bond acceptors (Lipinski definition) is 4. The van der Waals surface area contributed by atoms with E-state index in [9.17, 15) is 19.2 Å². The molecule has 0 saturated heterocycles. The third-order valence-electron chi connectivity index (χ3n) is 5.33. The third kappa shape index (κ3) is 18.7. The monoisotopic (exact) mass is 464 g/mol. The van der Waals surface area contributed by atoms with Crippen LogP contribution in [0.3, 0.4) is 0 Å². The summed E-state index contributed by atoms with van der Waals surface area (Å²) in [7, 11) is 0. The van der Waals surface area contributed by atoms with Gasteiger partial charge in [-0.15, -0.1) is 0 Å². The molecule has 0 unspecified atom stereocenters. The van der Waals surface area contributed by atoms with Gasteiger partial charge in [-0.1, -0.05) is 72.9 Å². The zero-order valence-corrected chi connectivity index (χ0v) is 20.5. The summed E-state index contributed by atoms with van der Waals surface area (Å²) in [4.78, 5) is 41.7. The van der Waals surface area contributed by atoms with Gasteiger partial charge in [-0.3, -0.25) is 19.2 Å². The predicted octanol–water partition coefficient (Wildman–Crippen LogP) is 7.08. The van der Waals surface area contributed by atoms with Crippen LogP contribution in [0, 0.1) is 0 Å². The van der Waals surface area contributed by atoms with E-state index in [1.807, 2.05) is 12.2 Å². The molecule has 0 aromatic carbocycles. The van der Waals surface area contributed by atoms with Gasteiger partial charge in [0.15, 0.2) is 0 Å². The van der Waals surface area contributed by atoms with E-state index in [1.54, 1.807) is 0 Å². The van der Waals surface area contributed by atoms with E-state index in [1.165, 1.54) is 12.8 Å². The zero-order chi connectivity index (χ0) is 24.7. The van der Waals surface area contributed by atoms with Crippen molar-refractivity contribution in [2.75, 3.05) is 0 Å². The Labute approximate surface area is 205 Å². The minimum atomic E-state index is 0.240. The Morgan fingerprint density at radius 3 is 0.912 bits per heavy atom. The van der Waals surface area contributed by atoms with Crippen LogP contribution in [0.15, 0.2) is 72.9 Å². The second-order valence-electron chi connectivity index (χ2n) is 8.43. The summed E-state index contributed by atoms with van der Waals surface area (Å²) in [6.45, 7) is 0. The van der Waals surface area contributed by atoms with Gasteiger partial charge in [-0.25, -0.2) is 0 Å². The lowest BCUT2D eigenvalue weighted by atomic mass is 9.98. The molecule has 34 heavy (non-hydrogen) atoms. The van der Waals surface area contributed by atoms with Crippen LogP contribution in [-0.2, 0) is 19.2 Å². The van der Waals surface area contributed by atoms with Crippen LogP contribution >= 0.6 is 0 Å².